The summed E-state index contributed by atoms with van der Waals surface area (Å²) in [4.78, 5) is 15.6. The molecule has 2 aromatic carbocycles. The topological polar surface area (TPSA) is 32.9 Å². The third kappa shape index (κ3) is 2.01. The van der Waals surface area contributed by atoms with Crippen LogP contribution in [0, 0.1) is 19.7 Å². The number of aromatic nitrogens is 1. The maximum atomic E-state index is 13.6. The number of aryl methyl sites for hydroxylation is 2. The Kier molecular flexibility index (Phi) is 2.90. The largest absolute Gasteiger partial charge is 0.360 e. The number of hydrogen-bond acceptors (Lipinski definition) is 1. The number of ketones is 1. The van der Waals surface area contributed by atoms with E-state index < -0.39 is 0 Å². The number of nitrogens with one attached hydrogen (secondary N) is 1. The maximum absolute atomic E-state index is 13.6. The zero-order valence-corrected chi connectivity index (χ0v) is 11.3. The molecule has 0 amide bonds. The number of carbonyl (C=O) groups excluding carboxylic acids is 1. The van der Waals surface area contributed by atoms with Crippen LogP contribution in [-0.2, 0) is 0 Å². The van der Waals surface area contributed by atoms with E-state index >= 15 is 0 Å². The van der Waals surface area contributed by atoms with Gasteiger partial charge >= 0.3 is 0 Å². The molecule has 100 valence electrons. The molecular weight excluding hydrogens is 253 g/mol. The van der Waals surface area contributed by atoms with Gasteiger partial charge in [0, 0.05) is 28.2 Å². The minimum Gasteiger partial charge on any atom is -0.360 e. The van der Waals surface area contributed by atoms with Gasteiger partial charge in [0.15, 0.2) is 5.78 Å². The van der Waals surface area contributed by atoms with E-state index in [4.69, 9.17) is 0 Å². The van der Waals surface area contributed by atoms with Crippen molar-refractivity contribution >= 4 is 16.7 Å². The smallest absolute Gasteiger partial charge is 0.195 e. The number of hydrogen-bond donors (Lipinski definition) is 1. The lowest BCUT2D eigenvalue weighted by Gasteiger charge is -2.02. The zero-order chi connectivity index (χ0) is 14.3. The number of fused-ring (bicyclic) bond motifs is 1. The summed E-state index contributed by atoms with van der Waals surface area (Å²) in [5.41, 5.74) is 3.48. The normalized spacial score (nSPS) is 10.9. The summed E-state index contributed by atoms with van der Waals surface area (Å²) < 4.78 is 13.6. The quantitative estimate of drug-likeness (QED) is 0.695. The van der Waals surface area contributed by atoms with Crippen molar-refractivity contribution in [1.29, 1.82) is 0 Å². The number of rotatable bonds is 2. The molecule has 2 nitrogen and oxygen atoms in total. The van der Waals surface area contributed by atoms with Crippen LogP contribution in [0.2, 0.25) is 0 Å². The van der Waals surface area contributed by atoms with Gasteiger partial charge in [-0.3, -0.25) is 4.79 Å². The average Bonchev–Trinajstić information content (AvgIpc) is 2.84. The molecule has 1 N–H and O–H groups in total. The number of H-pyrrole nitrogens is 1. The number of halogens is 1. The highest BCUT2D eigenvalue weighted by Gasteiger charge is 2.15. The first kappa shape index (κ1) is 12.6. The fourth-order valence-electron chi connectivity index (χ4n) is 2.31. The van der Waals surface area contributed by atoms with Crippen LogP contribution in [0.25, 0.3) is 10.9 Å². The van der Waals surface area contributed by atoms with Crippen molar-refractivity contribution in [3.63, 3.8) is 0 Å². The third-order valence-electron chi connectivity index (χ3n) is 3.52. The van der Waals surface area contributed by atoms with Crippen molar-refractivity contribution < 1.29 is 9.18 Å². The summed E-state index contributed by atoms with van der Waals surface area (Å²) in [5.74, 6) is -0.521. The fraction of sp³-hybridized carbons (Fsp3) is 0.118. The van der Waals surface area contributed by atoms with Crippen LogP contribution in [-0.4, -0.2) is 10.8 Å². The highest BCUT2D eigenvalue weighted by atomic mass is 19.1. The third-order valence-corrected chi connectivity index (χ3v) is 3.52. The van der Waals surface area contributed by atoms with Crippen molar-refractivity contribution in [2.45, 2.75) is 13.8 Å². The fourth-order valence-corrected chi connectivity index (χ4v) is 2.31. The Balaban J connectivity index is 2.12. The first-order chi connectivity index (χ1) is 9.56. The molecule has 0 atom stereocenters. The van der Waals surface area contributed by atoms with E-state index in [9.17, 15) is 9.18 Å². The van der Waals surface area contributed by atoms with Crippen LogP contribution in [0.1, 0.15) is 27.0 Å². The van der Waals surface area contributed by atoms with Crippen LogP contribution in [0.15, 0.2) is 42.6 Å². The molecule has 3 rings (SSSR count). The second-order valence-corrected chi connectivity index (χ2v) is 5.04. The molecule has 0 aliphatic carbocycles. The van der Waals surface area contributed by atoms with Crippen molar-refractivity contribution in [3.8, 4) is 0 Å². The average molecular weight is 267 g/mol. The van der Waals surface area contributed by atoms with Crippen molar-refractivity contribution in [1.82, 2.24) is 4.98 Å². The molecule has 0 radical (unpaired) electrons. The van der Waals surface area contributed by atoms with E-state index in [1.165, 1.54) is 6.07 Å². The predicted octanol–water partition coefficient (Wildman–Crippen LogP) is 4.15. The second-order valence-electron chi connectivity index (χ2n) is 5.04. The van der Waals surface area contributed by atoms with E-state index in [0.29, 0.717) is 16.7 Å². The molecule has 3 heteroatoms. The summed E-state index contributed by atoms with van der Waals surface area (Å²) in [6.45, 7) is 3.66. The molecule has 0 bridgehead atoms. The van der Waals surface area contributed by atoms with Crippen molar-refractivity contribution in [2.24, 2.45) is 0 Å². The van der Waals surface area contributed by atoms with Crippen molar-refractivity contribution in [2.75, 3.05) is 0 Å². The molecule has 0 fully saturated rings. The van der Waals surface area contributed by atoms with Crippen LogP contribution < -0.4 is 0 Å². The molecule has 0 aliphatic heterocycles. The molecule has 0 saturated carbocycles. The van der Waals surface area contributed by atoms with Gasteiger partial charge in [-0.1, -0.05) is 23.8 Å². The SMILES string of the molecule is Cc1ccc2[nH]cc(C(=O)c3ccc(C)c(F)c3)c2c1. The Bertz CT molecular complexity index is 817. The lowest BCUT2D eigenvalue weighted by Crippen LogP contribution is -2.01. The molecule has 0 unspecified atom stereocenters. The second kappa shape index (κ2) is 4.60. The zero-order valence-electron chi connectivity index (χ0n) is 11.3. The van der Waals surface area contributed by atoms with Gasteiger partial charge in [0.25, 0.3) is 0 Å². The molecule has 1 heterocycles. The van der Waals surface area contributed by atoms with Gasteiger partial charge in [-0.25, -0.2) is 4.39 Å². The van der Waals surface area contributed by atoms with Crippen molar-refractivity contribution in [3.05, 3.63) is 70.7 Å². The maximum Gasteiger partial charge on any atom is 0.195 e. The highest BCUT2D eigenvalue weighted by Crippen LogP contribution is 2.23. The summed E-state index contributed by atoms with van der Waals surface area (Å²) >= 11 is 0. The van der Waals surface area contributed by atoms with Gasteiger partial charge in [-0.15, -0.1) is 0 Å². The molecule has 1 aromatic heterocycles. The van der Waals surface area contributed by atoms with Crippen LogP contribution in [0.5, 0.6) is 0 Å². The van der Waals surface area contributed by atoms with E-state index in [2.05, 4.69) is 4.98 Å². The summed E-state index contributed by atoms with van der Waals surface area (Å²) in [7, 11) is 0. The Hall–Kier alpha value is -2.42. The lowest BCUT2D eigenvalue weighted by molar-refractivity contribution is 0.104. The van der Waals surface area contributed by atoms with Gasteiger partial charge in [0.05, 0.1) is 0 Å². The van der Waals surface area contributed by atoms with Gasteiger partial charge in [-0.05, 0) is 37.6 Å². The number of carbonyl (C=O) groups is 1. The Morgan fingerprint density at radius 2 is 1.90 bits per heavy atom. The minimum absolute atomic E-state index is 0.166. The van der Waals surface area contributed by atoms with Gasteiger partial charge in [0.1, 0.15) is 5.82 Å². The molecule has 3 aromatic rings. The monoisotopic (exact) mass is 267 g/mol. The Morgan fingerprint density at radius 1 is 1.10 bits per heavy atom. The number of benzene rings is 2. The predicted molar refractivity (Wildman–Crippen MR) is 77.6 cm³/mol. The minimum atomic E-state index is -0.355. The van der Waals surface area contributed by atoms with Crippen LogP contribution >= 0.6 is 0 Å². The highest BCUT2D eigenvalue weighted by molar-refractivity contribution is 6.16. The van der Waals surface area contributed by atoms with Gasteiger partial charge in [-0.2, -0.15) is 0 Å². The molecular formula is C17H14FNO. The van der Waals surface area contributed by atoms with E-state index in [1.807, 2.05) is 25.1 Å². The van der Waals surface area contributed by atoms with Gasteiger partial charge < -0.3 is 4.98 Å². The molecule has 0 aliphatic rings. The summed E-state index contributed by atoms with van der Waals surface area (Å²) in [6.07, 6.45) is 1.68. The summed E-state index contributed by atoms with van der Waals surface area (Å²) in [5, 5.41) is 0.871. The first-order valence-electron chi connectivity index (χ1n) is 6.45. The van der Waals surface area contributed by atoms with E-state index in [0.717, 1.165) is 16.5 Å². The van der Waals surface area contributed by atoms with Crippen LogP contribution in [0.3, 0.4) is 0 Å². The van der Waals surface area contributed by atoms with Crippen LogP contribution in [0.4, 0.5) is 4.39 Å². The molecule has 0 spiro atoms. The lowest BCUT2D eigenvalue weighted by atomic mass is 10.0. The Labute approximate surface area is 116 Å². The molecule has 20 heavy (non-hydrogen) atoms. The van der Waals surface area contributed by atoms with Gasteiger partial charge in [0.2, 0.25) is 0 Å². The standard InChI is InChI=1S/C17H14FNO/c1-10-3-6-16-13(7-10)14(9-19-16)17(20)12-5-4-11(2)15(18)8-12/h3-9,19H,1-2H3. The van der Waals surface area contributed by atoms with E-state index in [-0.39, 0.29) is 11.6 Å². The van der Waals surface area contributed by atoms with E-state index in [1.54, 1.807) is 25.3 Å². The first-order valence-corrected chi connectivity index (χ1v) is 6.45. The molecule has 0 saturated heterocycles. The Morgan fingerprint density at radius 3 is 2.65 bits per heavy atom. The number of aromatic amines is 1. The summed E-state index contributed by atoms with van der Waals surface area (Å²) in [6, 6.07) is 10.5.